The third-order valence-electron chi connectivity index (χ3n) is 5.28. The molecule has 3 aromatic rings. The zero-order chi connectivity index (χ0) is 21.8. The van der Waals surface area contributed by atoms with Crippen molar-refractivity contribution in [3.05, 3.63) is 47.0 Å². The monoisotopic (exact) mass is 489 g/mol. The Morgan fingerprint density at radius 2 is 1.94 bits per heavy atom. The summed E-state index contributed by atoms with van der Waals surface area (Å²) in [5.74, 6) is -0.817. The highest BCUT2D eigenvalue weighted by Crippen LogP contribution is 2.43. The number of hydrogen-bond donors (Lipinski definition) is 2. The van der Waals surface area contributed by atoms with Gasteiger partial charge in [0, 0.05) is 10.0 Å². The summed E-state index contributed by atoms with van der Waals surface area (Å²) in [5, 5.41) is 12.5. The number of aliphatic hydroxyl groups excluding tert-OH is 1. The first-order valence-electron chi connectivity index (χ1n) is 9.73. The third kappa shape index (κ3) is 3.62. The molecule has 1 amide bonds. The van der Waals surface area contributed by atoms with Crippen LogP contribution in [0.15, 0.2) is 41.4 Å². The highest BCUT2D eigenvalue weighted by Gasteiger charge is 2.56. The summed E-state index contributed by atoms with van der Waals surface area (Å²) in [4.78, 5) is 25.5. The van der Waals surface area contributed by atoms with Crippen molar-refractivity contribution in [2.24, 2.45) is 0 Å². The average molecular weight is 490 g/mol. The van der Waals surface area contributed by atoms with Gasteiger partial charge in [-0.1, -0.05) is 15.9 Å². The molecule has 0 spiro atoms. The van der Waals surface area contributed by atoms with E-state index in [1.54, 1.807) is 35.2 Å². The number of rotatable bonds is 4. The number of aliphatic hydroxyl groups is 1. The second-order valence-electron chi connectivity index (χ2n) is 7.82. The second-order valence-corrected chi connectivity index (χ2v) is 8.74. The molecule has 31 heavy (non-hydrogen) atoms. The molecule has 0 saturated carbocycles. The number of ether oxygens (including phenoxy) is 3. The molecule has 5 rings (SSSR count). The lowest BCUT2D eigenvalue weighted by atomic mass is 10.1. The summed E-state index contributed by atoms with van der Waals surface area (Å²) < 4.78 is 20.5. The van der Waals surface area contributed by atoms with E-state index in [0.29, 0.717) is 16.7 Å². The van der Waals surface area contributed by atoms with E-state index in [0.717, 1.165) is 4.47 Å². The van der Waals surface area contributed by atoms with Gasteiger partial charge in [0.2, 0.25) is 0 Å². The van der Waals surface area contributed by atoms with Gasteiger partial charge in [-0.3, -0.25) is 9.36 Å². The Balaban J connectivity index is 1.46. The molecular weight excluding hydrogens is 470 g/mol. The lowest BCUT2D eigenvalue weighted by Crippen LogP contribution is -2.31. The molecule has 10 nitrogen and oxygen atoms in total. The Bertz CT molecular complexity index is 1130. The fraction of sp³-hybridized carbons (Fsp3) is 0.400. The van der Waals surface area contributed by atoms with Gasteiger partial charge < -0.3 is 24.6 Å². The van der Waals surface area contributed by atoms with Crippen molar-refractivity contribution >= 4 is 38.8 Å². The molecule has 2 aliphatic heterocycles. The lowest BCUT2D eigenvalue weighted by molar-refractivity contribution is -0.199. The van der Waals surface area contributed by atoms with E-state index in [1.165, 1.54) is 6.33 Å². The number of imidazole rings is 1. The predicted molar refractivity (Wildman–Crippen MR) is 112 cm³/mol. The molecule has 0 radical (unpaired) electrons. The Morgan fingerprint density at radius 1 is 1.19 bits per heavy atom. The highest BCUT2D eigenvalue weighted by atomic mass is 79.9. The zero-order valence-corrected chi connectivity index (χ0v) is 18.3. The van der Waals surface area contributed by atoms with Crippen LogP contribution < -0.4 is 5.32 Å². The summed E-state index contributed by atoms with van der Waals surface area (Å²) in [6, 6.07) is 6.99. The number of benzene rings is 1. The summed E-state index contributed by atoms with van der Waals surface area (Å²) in [6.45, 7) is 3.44. The van der Waals surface area contributed by atoms with Gasteiger partial charge in [0.25, 0.3) is 5.91 Å². The first-order valence-corrected chi connectivity index (χ1v) is 10.5. The fourth-order valence-electron chi connectivity index (χ4n) is 3.94. The second kappa shape index (κ2) is 7.61. The third-order valence-corrected chi connectivity index (χ3v) is 5.81. The van der Waals surface area contributed by atoms with Crippen LogP contribution in [-0.4, -0.2) is 61.2 Å². The molecule has 0 aliphatic carbocycles. The topological polar surface area (TPSA) is 121 Å². The van der Waals surface area contributed by atoms with Gasteiger partial charge in [0.1, 0.15) is 24.6 Å². The predicted octanol–water partition coefficient (Wildman–Crippen LogP) is 2.25. The van der Waals surface area contributed by atoms with Crippen molar-refractivity contribution < 1.29 is 24.1 Å². The zero-order valence-electron chi connectivity index (χ0n) is 16.7. The molecule has 2 saturated heterocycles. The number of carbonyl (C=O) groups excluding carboxylic acids is 1. The van der Waals surface area contributed by atoms with Crippen LogP contribution in [0.4, 0.5) is 5.82 Å². The number of nitrogens with one attached hydrogen (secondary N) is 1. The van der Waals surface area contributed by atoms with E-state index in [9.17, 15) is 9.90 Å². The molecular formula is C20H20BrN5O5. The average Bonchev–Trinajstić information content (AvgIpc) is 3.39. The van der Waals surface area contributed by atoms with Gasteiger partial charge in [-0.05, 0) is 38.1 Å². The van der Waals surface area contributed by atoms with Crippen molar-refractivity contribution in [3.8, 4) is 0 Å². The van der Waals surface area contributed by atoms with Crippen molar-refractivity contribution in [3.63, 3.8) is 0 Å². The highest BCUT2D eigenvalue weighted by molar-refractivity contribution is 9.10. The van der Waals surface area contributed by atoms with E-state index < -0.39 is 30.3 Å². The minimum absolute atomic E-state index is 0.201. The number of fused-ring (bicyclic) bond motifs is 2. The first kappa shape index (κ1) is 20.5. The van der Waals surface area contributed by atoms with Crippen LogP contribution in [0.25, 0.3) is 11.2 Å². The minimum Gasteiger partial charge on any atom is -0.394 e. The maximum atomic E-state index is 12.6. The van der Waals surface area contributed by atoms with E-state index in [2.05, 4.69) is 36.2 Å². The van der Waals surface area contributed by atoms with Crippen LogP contribution in [0, 0.1) is 0 Å². The van der Waals surface area contributed by atoms with Crippen molar-refractivity contribution in [1.82, 2.24) is 19.5 Å². The number of nitrogens with zero attached hydrogens (tertiary/aromatic N) is 4. The standard InChI is InChI=1S/C20H20BrN5O5/c1-20(2)30-14-12(7-27)29-19(15(14)31-20)26-9-24-13-16(22-8-23-17(13)26)25-18(28)10-3-5-11(21)6-4-10/h3-6,8-9,12,14-15,19,27H,7H2,1-2H3,(H,22,23,25,28)/t12-,14-,15-,19-/m1/s1. The number of anilines is 1. The minimum atomic E-state index is -0.792. The number of amides is 1. The quantitative estimate of drug-likeness (QED) is 0.572. The molecule has 0 unspecified atom stereocenters. The summed E-state index contributed by atoms with van der Waals surface area (Å²) in [7, 11) is 0. The number of halogens is 1. The normalized spacial score (nSPS) is 26.8. The van der Waals surface area contributed by atoms with E-state index in [1.807, 2.05) is 13.8 Å². The van der Waals surface area contributed by atoms with Crippen LogP contribution >= 0.6 is 15.9 Å². The Morgan fingerprint density at radius 3 is 2.68 bits per heavy atom. The number of carbonyl (C=O) groups is 1. The van der Waals surface area contributed by atoms with Crippen LogP contribution in [-0.2, 0) is 14.2 Å². The Labute approximate surface area is 185 Å². The molecule has 2 fully saturated rings. The van der Waals surface area contributed by atoms with Crippen LogP contribution in [0.3, 0.4) is 0 Å². The van der Waals surface area contributed by atoms with E-state index in [-0.39, 0.29) is 18.3 Å². The molecule has 2 aliphatic rings. The van der Waals surface area contributed by atoms with Crippen LogP contribution in [0.2, 0.25) is 0 Å². The Kier molecular flexibility index (Phi) is 5.02. The van der Waals surface area contributed by atoms with Crippen molar-refractivity contribution in [2.75, 3.05) is 11.9 Å². The van der Waals surface area contributed by atoms with Gasteiger partial charge in [-0.25, -0.2) is 15.0 Å². The Hall–Kier alpha value is -2.44. The van der Waals surface area contributed by atoms with Gasteiger partial charge in [0.05, 0.1) is 12.9 Å². The van der Waals surface area contributed by atoms with Gasteiger partial charge in [-0.2, -0.15) is 0 Å². The van der Waals surface area contributed by atoms with E-state index >= 15 is 0 Å². The maximum absolute atomic E-state index is 12.6. The molecule has 162 valence electrons. The van der Waals surface area contributed by atoms with E-state index in [4.69, 9.17) is 14.2 Å². The van der Waals surface area contributed by atoms with Crippen molar-refractivity contribution in [1.29, 1.82) is 0 Å². The smallest absolute Gasteiger partial charge is 0.256 e. The molecule has 4 atom stereocenters. The summed E-state index contributed by atoms with van der Waals surface area (Å²) in [5.41, 5.74) is 1.37. The molecule has 2 N–H and O–H groups in total. The van der Waals surface area contributed by atoms with Gasteiger partial charge in [0.15, 0.2) is 29.0 Å². The molecule has 2 aromatic heterocycles. The maximum Gasteiger partial charge on any atom is 0.256 e. The van der Waals surface area contributed by atoms with Crippen LogP contribution in [0.1, 0.15) is 30.4 Å². The number of aromatic nitrogens is 4. The van der Waals surface area contributed by atoms with Crippen LogP contribution in [0.5, 0.6) is 0 Å². The van der Waals surface area contributed by atoms with Gasteiger partial charge in [-0.15, -0.1) is 0 Å². The molecule has 4 heterocycles. The van der Waals surface area contributed by atoms with Gasteiger partial charge >= 0.3 is 0 Å². The first-order chi connectivity index (χ1) is 14.9. The largest absolute Gasteiger partial charge is 0.394 e. The SMILES string of the molecule is CC1(C)O[C@@H]2[C@H](O1)[C@@H](CO)O[C@H]2n1cnc2c(NC(=O)c3ccc(Br)cc3)ncnc21. The molecule has 0 bridgehead atoms. The molecule has 1 aromatic carbocycles. The summed E-state index contributed by atoms with van der Waals surface area (Å²) >= 11 is 3.35. The van der Waals surface area contributed by atoms with Crippen molar-refractivity contribution in [2.45, 2.75) is 44.2 Å². The lowest BCUT2D eigenvalue weighted by Gasteiger charge is -2.24. The number of hydrogen-bond acceptors (Lipinski definition) is 8. The summed E-state index contributed by atoms with van der Waals surface area (Å²) in [6.07, 6.45) is 0.918. The fourth-order valence-corrected chi connectivity index (χ4v) is 4.20. The molecule has 11 heteroatoms.